The fourth-order valence-electron chi connectivity index (χ4n) is 1.51. The van der Waals surface area contributed by atoms with Crippen molar-refractivity contribution in [3.63, 3.8) is 0 Å². The summed E-state index contributed by atoms with van der Waals surface area (Å²) in [7, 11) is 0. The van der Waals surface area contributed by atoms with Gasteiger partial charge in [-0.05, 0) is 39.8 Å². The van der Waals surface area contributed by atoms with Crippen molar-refractivity contribution in [3.05, 3.63) is 21.9 Å². The number of aryl methyl sites for hydroxylation is 1. The Morgan fingerprint density at radius 2 is 1.76 bits per heavy atom. The number of ketones is 1. The summed E-state index contributed by atoms with van der Waals surface area (Å²) in [5.41, 5.74) is -0.615. The molecule has 0 N–H and O–H groups in total. The summed E-state index contributed by atoms with van der Waals surface area (Å²) in [6.45, 7) is 6.68. The van der Waals surface area contributed by atoms with E-state index in [-0.39, 0.29) is 18.6 Å². The number of ether oxygens (including phenoxy) is 2. The molecule has 0 atom stereocenters. The minimum absolute atomic E-state index is 0.0431. The Hall–Kier alpha value is -1.69. The number of carbonyl (C=O) groups excluding carboxylic acids is 3. The third-order valence-electron chi connectivity index (χ3n) is 2.34. The zero-order valence-electron chi connectivity index (χ0n) is 12.7. The zero-order valence-corrected chi connectivity index (χ0v) is 13.5. The van der Waals surface area contributed by atoms with Crippen LogP contribution in [0, 0.1) is 6.92 Å². The Morgan fingerprint density at radius 1 is 1.10 bits per heavy atom. The Balaban J connectivity index is 2.28. The van der Waals surface area contributed by atoms with Crippen molar-refractivity contribution >= 4 is 29.1 Å². The smallest absolute Gasteiger partial charge is 0.344 e. The molecule has 116 valence electrons. The van der Waals surface area contributed by atoms with Crippen LogP contribution in [0.25, 0.3) is 0 Å². The van der Waals surface area contributed by atoms with Crippen molar-refractivity contribution in [2.45, 2.75) is 46.1 Å². The fraction of sp³-hybridized carbons (Fsp3) is 0.533. The van der Waals surface area contributed by atoms with Crippen molar-refractivity contribution in [2.75, 3.05) is 6.61 Å². The molecule has 0 aliphatic heterocycles. The van der Waals surface area contributed by atoms with Crippen LogP contribution in [0.15, 0.2) is 12.1 Å². The molecule has 21 heavy (non-hydrogen) atoms. The zero-order chi connectivity index (χ0) is 16.0. The molecule has 5 nitrogen and oxygen atoms in total. The van der Waals surface area contributed by atoms with Crippen LogP contribution in [0.3, 0.4) is 0 Å². The van der Waals surface area contributed by atoms with Gasteiger partial charge in [-0.2, -0.15) is 0 Å². The predicted molar refractivity (Wildman–Crippen MR) is 79.4 cm³/mol. The molecule has 0 saturated carbocycles. The van der Waals surface area contributed by atoms with Crippen molar-refractivity contribution in [1.82, 2.24) is 0 Å². The largest absolute Gasteiger partial charge is 0.457 e. The van der Waals surface area contributed by atoms with Crippen LogP contribution in [0.1, 0.15) is 48.2 Å². The maximum absolute atomic E-state index is 11.8. The number of Topliss-reactive ketones (excluding diaryl/α,β-unsaturated/α-hetero) is 1. The number of hydrogen-bond donors (Lipinski definition) is 0. The summed E-state index contributed by atoms with van der Waals surface area (Å²) in [6.07, 6.45) is 0.0334. The number of esters is 2. The Bertz CT molecular complexity index is 524. The molecule has 1 heterocycles. The van der Waals surface area contributed by atoms with Gasteiger partial charge in [0, 0.05) is 11.3 Å². The summed E-state index contributed by atoms with van der Waals surface area (Å²) in [5, 5.41) is 0. The van der Waals surface area contributed by atoms with Gasteiger partial charge in [0.1, 0.15) is 5.60 Å². The van der Waals surface area contributed by atoms with Gasteiger partial charge in [-0.25, -0.2) is 4.79 Å². The molecule has 0 saturated heterocycles. The van der Waals surface area contributed by atoms with Crippen LogP contribution in [0.5, 0.6) is 0 Å². The monoisotopic (exact) mass is 312 g/mol. The molecule has 0 aliphatic rings. The lowest BCUT2D eigenvalue weighted by molar-refractivity contribution is -0.166. The van der Waals surface area contributed by atoms with Crippen molar-refractivity contribution < 1.29 is 23.9 Å². The van der Waals surface area contributed by atoms with Gasteiger partial charge in [0.2, 0.25) is 0 Å². The molecule has 1 aromatic rings. The van der Waals surface area contributed by atoms with Crippen LogP contribution in [-0.2, 0) is 19.1 Å². The maximum Gasteiger partial charge on any atom is 0.344 e. The number of carbonyl (C=O) groups is 3. The molecule has 1 aromatic heterocycles. The lowest BCUT2D eigenvalue weighted by Crippen LogP contribution is -2.27. The standard InChI is InChI=1S/C15H20O5S/c1-10-5-7-12(21-10)11(16)6-8-13(17)19-9-14(18)20-15(2,3)4/h5,7H,6,8-9H2,1-4H3. The molecule has 0 aliphatic carbocycles. The van der Waals surface area contributed by atoms with Gasteiger partial charge in [0.15, 0.2) is 12.4 Å². The second kappa shape index (κ2) is 7.36. The van der Waals surface area contributed by atoms with Crippen LogP contribution < -0.4 is 0 Å². The Kier molecular flexibility index (Phi) is 6.08. The van der Waals surface area contributed by atoms with Crippen LogP contribution in [-0.4, -0.2) is 29.9 Å². The average Bonchev–Trinajstić information content (AvgIpc) is 2.78. The van der Waals surface area contributed by atoms with E-state index < -0.39 is 24.1 Å². The first-order valence-corrected chi connectivity index (χ1v) is 7.46. The summed E-state index contributed by atoms with van der Waals surface area (Å²) in [4.78, 5) is 36.3. The first kappa shape index (κ1) is 17.4. The molecule has 0 radical (unpaired) electrons. The van der Waals surface area contributed by atoms with Gasteiger partial charge >= 0.3 is 11.9 Å². The topological polar surface area (TPSA) is 69.7 Å². The lowest BCUT2D eigenvalue weighted by atomic mass is 10.2. The maximum atomic E-state index is 11.8. The van der Waals surface area contributed by atoms with E-state index in [2.05, 4.69) is 0 Å². The van der Waals surface area contributed by atoms with Gasteiger partial charge in [0.05, 0.1) is 11.3 Å². The summed E-state index contributed by atoms with van der Waals surface area (Å²) in [5.74, 6) is -1.28. The minimum Gasteiger partial charge on any atom is -0.457 e. The van der Waals surface area contributed by atoms with Gasteiger partial charge in [0.25, 0.3) is 0 Å². The second-order valence-corrected chi connectivity index (χ2v) is 6.87. The van der Waals surface area contributed by atoms with Gasteiger partial charge < -0.3 is 9.47 Å². The van der Waals surface area contributed by atoms with E-state index in [9.17, 15) is 14.4 Å². The summed E-state index contributed by atoms with van der Waals surface area (Å²) >= 11 is 1.40. The molecule has 0 aromatic carbocycles. The van der Waals surface area contributed by atoms with E-state index in [1.54, 1.807) is 26.8 Å². The molecule has 0 bridgehead atoms. The van der Waals surface area contributed by atoms with Gasteiger partial charge in [-0.3, -0.25) is 9.59 Å². The van der Waals surface area contributed by atoms with Crippen molar-refractivity contribution in [2.24, 2.45) is 0 Å². The van der Waals surface area contributed by atoms with E-state index >= 15 is 0 Å². The van der Waals surface area contributed by atoms with Gasteiger partial charge in [-0.1, -0.05) is 0 Å². The number of hydrogen-bond acceptors (Lipinski definition) is 6. The first-order chi connectivity index (χ1) is 9.67. The normalized spacial score (nSPS) is 11.0. The minimum atomic E-state index is -0.615. The van der Waals surface area contributed by atoms with Crippen LogP contribution in [0.4, 0.5) is 0 Å². The first-order valence-electron chi connectivity index (χ1n) is 6.64. The van der Waals surface area contributed by atoms with E-state index in [0.717, 1.165) is 4.88 Å². The quantitative estimate of drug-likeness (QED) is 0.596. The highest BCUT2D eigenvalue weighted by Gasteiger charge is 2.18. The third kappa shape index (κ3) is 7.04. The highest BCUT2D eigenvalue weighted by molar-refractivity contribution is 7.14. The third-order valence-corrected chi connectivity index (χ3v) is 3.38. The van der Waals surface area contributed by atoms with E-state index in [1.165, 1.54) is 11.3 Å². The molecule has 1 rings (SSSR count). The molecule has 0 fully saturated rings. The highest BCUT2D eigenvalue weighted by atomic mass is 32.1. The molecule has 0 spiro atoms. The number of rotatable bonds is 6. The molecular formula is C15H20O5S. The molecule has 0 amide bonds. The van der Waals surface area contributed by atoms with Crippen molar-refractivity contribution in [1.29, 1.82) is 0 Å². The lowest BCUT2D eigenvalue weighted by Gasteiger charge is -2.19. The van der Waals surface area contributed by atoms with E-state index in [1.807, 2.05) is 13.0 Å². The molecule has 6 heteroatoms. The van der Waals surface area contributed by atoms with Crippen LogP contribution >= 0.6 is 11.3 Å². The second-order valence-electron chi connectivity index (χ2n) is 5.58. The SMILES string of the molecule is Cc1ccc(C(=O)CCC(=O)OCC(=O)OC(C)(C)C)s1. The van der Waals surface area contributed by atoms with Gasteiger partial charge in [-0.15, -0.1) is 11.3 Å². The summed E-state index contributed by atoms with van der Waals surface area (Å²) < 4.78 is 9.78. The average molecular weight is 312 g/mol. The molecular weight excluding hydrogens is 292 g/mol. The van der Waals surface area contributed by atoms with E-state index in [0.29, 0.717) is 4.88 Å². The predicted octanol–water partition coefficient (Wildman–Crippen LogP) is 2.90. The number of thiophene rings is 1. The fourth-order valence-corrected chi connectivity index (χ4v) is 2.34. The summed E-state index contributed by atoms with van der Waals surface area (Å²) in [6, 6.07) is 3.60. The van der Waals surface area contributed by atoms with Crippen LogP contribution in [0.2, 0.25) is 0 Å². The molecule has 0 unspecified atom stereocenters. The Labute approximate surface area is 128 Å². The highest BCUT2D eigenvalue weighted by Crippen LogP contribution is 2.17. The Morgan fingerprint density at radius 3 is 2.29 bits per heavy atom. The van der Waals surface area contributed by atoms with E-state index in [4.69, 9.17) is 9.47 Å². The van der Waals surface area contributed by atoms with Crippen molar-refractivity contribution in [3.8, 4) is 0 Å².